The Labute approximate surface area is 180 Å². The van der Waals surface area contributed by atoms with Gasteiger partial charge in [-0.2, -0.15) is 0 Å². The molecule has 0 bridgehead atoms. The zero-order valence-corrected chi connectivity index (χ0v) is 17.1. The number of fused-ring (bicyclic) bond motifs is 2. The number of anilines is 2. The third kappa shape index (κ3) is 3.82. The summed E-state index contributed by atoms with van der Waals surface area (Å²) in [6.45, 7) is -0.130. The van der Waals surface area contributed by atoms with Crippen molar-refractivity contribution >= 4 is 45.0 Å². The maximum Gasteiger partial charge on any atom is 0.269 e. The highest BCUT2D eigenvalue weighted by Gasteiger charge is 2.16. The van der Waals surface area contributed by atoms with Crippen molar-refractivity contribution < 1.29 is 9.59 Å². The lowest BCUT2D eigenvalue weighted by Crippen LogP contribution is -2.27. The number of aryl methyl sites for hydroxylation is 1. The van der Waals surface area contributed by atoms with Gasteiger partial charge in [0.05, 0.1) is 22.9 Å². The van der Waals surface area contributed by atoms with Crippen molar-refractivity contribution in [2.75, 3.05) is 10.6 Å². The number of benzene rings is 2. The number of para-hydroxylation sites is 2. The summed E-state index contributed by atoms with van der Waals surface area (Å²) in [4.78, 5) is 45.0. The van der Waals surface area contributed by atoms with Crippen LogP contribution in [0.25, 0.3) is 22.3 Å². The monoisotopic (exact) mass is 431 g/mol. The molecule has 0 unspecified atom stereocenters. The Morgan fingerprint density at radius 1 is 1.16 bits per heavy atom. The zero-order valence-electron chi connectivity index (χ0n) is 16.3. The minimum Gasteiger partial charge on any atom is -0.326 e. The fourth-order valence-corrected chi connectivity index (χ4v) is 4.32. The molecule has 0 spiro atoms. The minimum atomic E-state index is -0.340. The predicted molar refractivity (Wildman–Crippen MR) is 119 cm³/mol. The van der Waals surface area contributed by atoms with Gasteiger partial charge in [0, 0.05) is 23.1 Å². The van der Waals surface area contributed by atoms with Crippen molar-refractivity contribution in [2.45, 2.75) is 19.4 Å². The van der Waals surface area contributed by atoms with E-state index < -0.39 is 0 Å². The van der Waals surface area contributed by atoms with Gasteiger partial charge in [-0.15, -0.1) is 11.3 Å². The van der Waals surface area contributed by atoms with E-state index in [0.717, 1.165) is 22.5 Å². The van der Waals surface area contributed by atoms with Crippen LogP contribution < -0.4 is 16.2 Å². The van der Waals surface area contributed by atoms with Crippen molar-refractivity contribution in [3.63, 3.8) is 0 Å². The number of hydrogen-bond acceptors (Lipinski definition) is 6. The van der Waals surface area contributed by atoms with E-state index in [-0.39, 0.29) is 23.9 Å². The lowest BCUT2D eigenvalue weighted by atomic mass is 9.99. The predicted octanol–water partition coefficient (Wildman–Crippen LogP) is 3.04. The number of amides is 2. The highest BCUT2D eigenvalue weighted by Crippen LogP contribution is 2.30. The SMILES string of the molecule is O=C(Cn1c(=O)cnc2ccccc21)Nc1nc(-c2ccc3c(c2)CCC(=O)N3)cs1. The van der Waals surface area contributed by atoms with Gasteiger partial charge in [0.2, 0.25) is 11.8 Å². The van der Waals surface area contributed by atoms with Crippen LogP contribution in [0, 0.1) is 0 Å². The molecule has 1 aliphatic rings. The summed E-state index contributed by atoms with van der Waals surface area (Å²) in [5.41, 5.74) is 4.48. The lowest BCUT2D eigenvalue weighted by molar-refractivity contribution is -0.117. The van der Waals surface area contributed by atoms with Crippen molar-refractivity contribution in [1.82, 2.24) is 14.5 Å². The summed E-state index contributed by atoms with van der Waals surface area (Å²) in [7, 11) is 0. The van der Waals surface area contributed by atoms with Crippen molar-refractivity contribution in [2.24, 2.45) is 0 Å². The summed E-state index contributed by atoms with van der Waals surface area (Å²) >= 11 is 1.32. The number of nitrogens with one attached hydrogen (secondary N) is 2. The average Bonchev–Trinajstić information content (AvgIpc) is 3.23. The number of thiazole rings is 1. The molecule has 0 radical (unpaired) electrons. The summed E-state index contributed by atoms with van der Waals surface area (Å²) in [5.74, 6) is -0.313. The van der Waals surface area contributed by atoms with Crippen LogP contribution in [-0.4, -0.2) is 26.3 Å². The smallest absolute Gasteiger partial charge is 0.269 e. The van der Waals surface area contributed by atoms with E-state index in [9.17, 15) is 14.4 Å². The third-order valence-electron chi connectivity index (χ3n) is 5.10. The van der Waals surface area contributed by atoms with Crippen LogP contribution in [0.3, 0.4) is 0 Å². The highest BCUT2D eigenvalue weighted by molar-refractivity contribution is 7.14. The fourth-order valence-electron chi connectivity index (χ4n) is 3.59. The number of aromatic nitrogens is 3. The van der Waals surface area contributed by atoms with Crippen molar-refractivity contribution in [3.8, 4) is 11.3 Å². The third-order valence-corrected chi connectivity index (χ3v) is 5.86. The fraction of sp³-hybridized carbons (Fsp3) is 0.136. The second-order valence-electron chi connectivity index (χ2n) is 7.18. The molecular weight excluding hydrogens is 414 g/mol. The molecule has 2 amide bonds. The van der Waals surface area contributed by atoms with Crippen LogP contribution in [0.5, 0.6) is 0 Å². The van der Waals surface area contributed by atoms with Gasteiger partial charge in [-0.05, 0) is 36.2 Å². The Bertz CT molecular complexity index is 1390. The van der Waals surface area contributed by atoms with E-state index in [1.807, 2.05) is 29.6 Å². The molecule has 0 fully saturated rings. The Morgan fingerprint density at radius 2 is 2.03 bits per heavy atom. The number of nitrogens with zero attached hydrogens (tertiary/aromatic N) is 3. The van der Waals surface area contributed by atoms with Gasteiger partial charge in [-0.3, -0.25) is 19.0 Å². The van der Waals surface area contributed by atoms with E-state index in [1.165, 1.54) is 22.1 Å². The van der Waals surface area contributed by atoms with Gasteiger partial charge in [-0.25, -0.2) is 9.97 Å². The van der Waals surface area contributed by atoms with Gasteiger partial charge in [0.1, 0.15) is 6.54 Å². The second-order valence-corrected chi connectivity index (χ2v) is 8.04. The number of hydrogen-bond donors (Lipinski definition) is 2. The molecule has 9 heteroatoms. The van der Waals surface area contributed by atoms with Crippen LogP contribution in [0.15, 0.2) is 58.8 Å². The molecule has 3 heterocycles. The van der Waals surface area contributed by atoms with Gasteiger partial charge in [0.25, 0.3) is 5.56 Å². The molecule has 2 aromatic heterocycles. The lowest BCUT2D eigenvalue weighted by Gasteiger charge is -2.17. The number of carbonyl (C=O) groups is 2. The standard InChI is InChI=1S/C22H17N5O3S/c28-19-8-6-13-9-14(5-7-15(13)24-19)17-12-31-22(25-17)26-20(29)11-27-18-4-2-1-3-16(18)23-10-21(27)30/h1-5,7,9-10,12H,6,8,11H2,(H,24,28)(H,25,26,29). The van der Waals surface area contributed by atoms with E-state index in [0.29, 0.717) is 29.0 Å². The van der Waals surface area contributed by atoms with Gasteiger partial charge in [-0.1, -0.05) is 18.2 Å². The van der Waals surface area contributed by atoms with Crippen LogP contribution in [0.2, 0.25) is 0 Å². The first-order valence-corrected chi connectivity index (χ1v) is 10.6. The molecule has 0 atom stereocenters. The first-order chi connectivity index (χ1) is 15.1. The summed E-state index contributed by atoms with van der Waals surface area (Å²) < 4.78 is 1.39. The summed E-state index contributed by atoms with van der Waals surface area (Å²) in [6.07, 6.45) is 2.38. The first kappa shape index (κ1) is 19.1. The molecule has 4 aromatic rings. The van der Waals surface area contributed by atoms with Crippen LogP contribution in [0.4, 0.5) is 10.8 Å². The molecule has 2 N–H and O–H groups in total. The summed E-state index contributed by atoms with van der Waals surface area (Å²) in [6, 6.07) is 13.0. The molecule has 8 nitrogen and oxygen atoms in total. The van der Waals surface area contributed by atoms with E-state index in [1.54, 1.807) is 18.2 Å². The van der Waals surface area contributed by atoms with Gasteiger partial charge in [0.15, 0.2) is 5.13 Å². The second kappa shape index (κ2) is 7.77. The molecule has 154 valence electrons. The Balaban J connectivity index is 1.34. The Hall–Kier alpha value is -3.85. The normalized spacial score (nSPS) is 13.0. The average molecular weight is 431 g/mol. The largest absolute Gasteiger partial charge is 0.326 e. The van der Waals surface area contributed by atoms with E-state index in [2.05, 4.69) is 20.6 Å². The topological polar surface area (TPSA) is 106 Å². The van der Waals surface area contributed by atoms with Crippen molar-refractivity contribution in [3.05, 3.63) is 70.0 Å². The molecule has 0 saturated carbocycles. The highest BCUT2D eigenvalue weighted by atomic mass is 32.1. The van der Waals surface area contributed by atoms with Crippen molar-refractivity contribution in [1.29, 1.82) is 0 Å². The first-order valence-electron chi connectivity index (χ1n) is 9.70. The molecule has 2 aromatic carbocycles. The molecular formula is C22H17N5O3S. The number of rotatable bonds is 4. The Kier molecular flexibility index (Phi) is 4.79. The van der Waals surface area contributed by atoms with Crippen LogP contribution in [-0.2, 0) is 22.6 Å². The maximum absolute atomic E-state index is 12.6. The quantitative estimate of drug-likeness (QED) is 0.517. The summed E-state index contributed by atoms with van der Waals surface area (Å²) in [5, 5.41) is 7.96. The van der Waals surface area contributed by atoms with Gasteiger partial charge >= 0.3 is 0 Å². The molecule has 0 aliphatic carbocycles. The molecule has 0 saturated heterocycles. The molecule has 1 aliphatic heterocycles. The zero-order chi connectivity index (χ0) is 21.4. The van der Waals surface area contributed by atoms with Crippen LogP contribution >= 0.6 is 11.3 Å². The molecule has 5 rings (SSSR count). The van der Waals surface area contributed by atoms with Gasteiger partial charge < -0.3 is 10.6 Å². The maximum atomic E-state index is 12.6. The molecule has 31 heavy (non-hydrogen) atoms. The van der Waals surface area contributed by atoms with E-state index >= 15 is 0 Å². The van der Waals surface area contributed by atoms with E-state index in [4.69, 9.17) is 0 Å². The minimum absolute atomic E-state index is 0.0278. The van der Waals surface area contributed by atoms with Crippen LogP contribution in [0.1, 0.15) is 12.0 Å². The Morgan fingerprint density at radius 3 is 2.94 bits per heavy atom. The number of carbonyl (C=O) groups excluding carboxylic acids is 2.